The number of carbonyl (C=O) groups excluding carboxylic acids is 2. The Labute approximate surface area is 134 Å². The van der Waals surface area contributed by atoms with Gasteiger partial charge in [0.1, 0.15) is 17.2 Å². The lowest BCUT2D eigenvalue weighted by Gasteiger charge is -2.14. The summed E-state index contributed by atoms with van der Waals surface area (Å²) in [7, 11) is 6.21. The molecule has 122 valence electrons. The zero-order chi connectivity index (χ0) is 16.5. The number of thioether (sulfide) groups is 1. The molecule has 22 heavy (non-hydrogen) atoms. The number of methoxy groups -OCH3 is 3. The van der Waals surface area contributed by atoms with Gasteiger partial charge in [-0.15, -0.1) is 0 Å². The summed E-state index contributed by atoms with van der Waals surface area (Å²) in [5.74, 6) is 2.08. The predicted octanol–water partition coefficient (Wildman–Crippen LogP) is 2.00. The zero-order valence-electron chi connectivity index (χ0n) is 13.2. The molecule has 1 aromatic rings. The Balaban J connectivity index is 2.75. The molecule has 1 N–H and O–H groups in total. The molecule has 6 nitrogen and oxygen atoms in total. The van der Waals surface area contributed by atoms with E-state index in [2.05, 4.69) is 5.32 Å². The first kappa shape index (κ1) is 18.2. The van der Waals surface area contributed by atoms with Gasteiger partial charge in [-0.1, -0.05) is 11.8 Å². The van der Waals surface area contributed by atoms with Gasteiger partial charge in [0.2, 0.25) is 5.91 Å². The van der Waals surface area contributed by atoms with Crippen LogP contribution in [0.1, 0.15) is 18.4 Å². The molecule has 0 aliphatic rings. The quantitative estimate of drug-likeness (QED) is 0.787. The number of hydrogen-bond acceptors (Lipinski definition) is 6. The zero-order valence-corrected chi connectivity index (χ0v) is 14.0. The molecule has 0 aliphatic heterocycles. The Morgan fingerprint density at radius 2 is 1.64 bits per heavy atom. The van der Waals surface area contributed by atoms with Crippen LogP contribution in [0.15, 0.2) is 12.1 Å². The monoisotopic (exact) mass is 327 g/mol. The Morgan fingerprint density at radius 1 is 1.05 bits per heavy atom. The van der Waals surface area contributed by atoms with E-state index in [-0.39, 0.29) is 23.9 Å². The van der Waals surface area contributed by atoms with Crippen LogP contribution in [0, 0.1) is 0 Å². The van der Waals surface area contributed by atoms with Crippen LogP contribution in [0.2, 0.25) is 0 Å². The molecule has 0 atom stereocenters. The van der Waals surface area contributed by atoms with E-state index < -0.39 is 0 Å². The Hall–Kier alpha value is -1.89. The van der Waals surface area contributed by atoms with Gasteiger partial charge in [0.05, 0.1) is 21.3 Å². The van der Waals surface area contributed by atoms with E-state index in [0.29, 0.717) is 23.0 Å². The highest BCUT2D eigenvalue weighted by Gasteiger charge is 2.15. The third-order valence-electron chi connectivity index (χ3n) is 3.03. The molecule has 0 radical (unpaired) electrons. The molecule has 0 aromatic heterocycles. The van der Waals surface area contributed by atoms with Crippen LogP contribution < -0.4 is 19.5 Å². The standard InChI is InChI=1S/C15H21NO5S/c1-16-14(17)5-6-15(18)22-9-11-12(20-3)7-10(19-2)8-13(11)21-4/h7-8H,5-6,9H2,1-4H3,(H,16,17). The summed E-state index contributed by atoms with van der Waals surface area (Å²) in [5, 5.41) is 2.44. The molecule has 0 unspecified atom stereocenters. The molecule has 0 bridgehead atoms. The van der Waals surface area contributed by atoms with E-state index in [1.807, 2.05) is 0 Å². The second-order valence-electron chi connectivity index (χ2n) is 4.34. The summed E-state index contributed by atoms with van der Waals surface area (Å²) in [4.78, 5) is 23.0. The fraction of sp³-hybridized carbons (Fsp3) is 0.467. The van der Waals surface area contributed by atoms with Gasteiger partial charge in [-0.3, -0.25) is 9.59 Å². The molecule has 0 heterocycles. The van der Waals surface area contributed by atoms with Gasteiger partial charge in [0, 0.05) is 43.3 Å². The number of rotatable bonds is 8. The molecule has 1 amide bonds. The molecule has 0 saturated heterocycles. The number of ether oxygens (including phenoxy) is 3. The van der Waals surface area contributed by atoms with E-state index in [4.69, 9.17) is 14.2 Å². The van der Waals surface area contributed by atoms with Gasteiger partial charge in [-0.25, -0.2) is 0 Å². The van der Waals surface area contributed by atoms with Crippen molar-refractivity contribution < 1.29 is 23.8 Å². The molecule has 0 aliphatic carbocycles. The van der Waals surface area contributed by atoms with Gasteiger partial charge >= 0.3 is 0 Å². The topological polar surface area (TPSA) is 73.9 Å². The lowest BCUT2D eigenvalue weighted by atomic mass is 10.2. The van der Waals surface area contributed by atoms with Gasteiger partial charge < -0.3 is 19.5 Å². The smallest absolute Gasteiger partial charge is 0.220 e. The van der Waals surface area contributed by atoms with Crippen LogP contribution in [0.4, 0.5) is 0 Å². The average molecular weight is 327 g/mol. The highest BCUT2D eigenvalue weighted by Crippen LogP contribution is 2.36. The van der Waals surface area contributed by atoms with Gasteiger partial charge in [0.15, 0.2) is 5.12 Å². The third-order valence-corrected chi connectivity index (χ3v) is 3.99. The van der Waals surface area contributed by atoms with Crippen LogP contribution in [0.25, 0.3) is 0 Å². The first-order valence-electron chi connectivity index (χ1n) is 6.70. The van der Waals surface area contributed by atoms with Gasteiger partial charge in [-0.05, 0) is 0 Å². The second kappa shape index (κ2) is 9.19. The number of hydrogen-bond donors (Lipinski definition) is 1. The normalized spacial score (nSPS) is 10.0. The molecule has 0 saturated carbocycles. The third kappa shape index (κ3) is 5.14. The number of benzene rings is 1. The van der Waals surface area contributed by atoms with Crippen molar-refractivity contribution in [1.29, 1.82) is 0 Å². The fourth-order valence-electron chi connectivity index (χ4n) is 1.79. The van der Waals surface area contributed by atoms with Gasteiger partial charge in [-0.2, -0.15) is 0 Å². The van der Waals surface area contributed by atoms with Crippen molar-refractivity contribution in [2.45, 2.75) is 18.6 Å². The predicted molar refractivity (Wildman–Crippen MR) is 85.7 cm³/mol. The maximum atomic E-state index is 11.8. The van der Waals surface area contributed by atoms with Crippen LogP contribution in [0.5, 0.6) is 17.2 Å². The van der Waals surface area contributed by atoms with E-state index in [1.165, 1.54) is 0 Å². The maximum absolute atomic E-state index is 11.8. The Kier molecular flexibility index (Phi) is 7.59. The lowest BCUT2D eigenvalue weighted by molar-refractivity contribution is -0.122. The van der Waals surface area contributed by atoms with Crippen LogP contribution in [-0.4, -0.2) is 39.4 Å². The number of amides is 1. The maximum Gasteiger partial charge on any atom is 0.220 e. The number of nitrogens with one attached hydrogen (secondary N) is 1. The summed E-state index contributed by atoms with van der Waals surface area (Å²) in [6, 6.07) is 3.49. The minimum atomic E-state index is -0.145. The van der Waals surface area contributed by atoms with E-state index in [1.54, 1.807) is 40.5 Å². The summed E-state index contributed by atoms with van der Waals surface area (Å²) >= 11 is 1.13. The molecule has 0 fully saturated rings. The highest BCUT2D eigenvalue weighted by atomic mass is 32.2. The number of carbonyl (C=O) groups is 2. The molecular weight excluding hydrogens is 306 g/mol. The highest BCUT2D eigenvalue weighted by molar-refractivity contribution is 8.12. The van der Waals surface area contributed by atoms with Crippen molar-refractivity contribution in [3.05, 3.63) is 17.7 Å². The average Bonchev–Trinajstić information content (AvgIpc) is 2.56. The summed E-state index contributed by atoms with van der Waals surface area (Å²) in [6.45, 7) is 0. The fourth-order valence-corrected chi connectivity index (χ4v) is 2.62. The van der Waals surface area contributed by atoms with Crippen LogP contribution in [0.3, 0.4) is 0 Å². The summed E-state index contributed by atoms with van der Waals surface area (Å²) in [6.07, 6.45) is 0.393. The van der Waals surface area contributed by atoms with Crippen molar-refractivity contribution in [2.75, 3.05) is 28.4 Å². The summed E-state index contributed by atoms with van der Waals surface area (Å²) < 4.78 is 15.8. The van der Waals surface area contributed by atoms with Crippen molar-refractivity contribution in [1.82, 2.24) is 5.32 Å². The van der Waals surface area contributed by atoms with Crippen LogP contribution in [-0.2, 0) is 15.3 Å². The summed E-state index contributed by atoms with van der Waals surface area (Å²) in [5.41, 5.74) is 0.782. The molecule has 1 aromatic carbocycles. The Bertz CT molecular complexity index is 508. The SMILES string of the molecule is CNC(=O)CCC(=O)SCc1c(OC)cc(OC)cc1OC. The van der Waals surface area contributed by atoms with E-state index >= 15 is 0 Å². The lowest BCUT2D eigenvalue weighted by Crippen LogP contribution is -2.18. The van der Waals surface area contributed by atoms with Crippen molar-refractivity contribution in [3.63, 3.8) is 0 Å². The first-order chi connectivity index (χ1) is 10.5. The largest absolute Gasteiger partial charge is 0.496 e. The molecule has 0 spiro atoms. The van der Waals surface area contributed by atoms with Crippen molar-refractivity contribution in [3.8, 4) is 17.2 Å². The van der Waals surface area contributed by atoms with E-state index in [9.17, 15) is 9.59 Å². The first-order valence-corrected chi connectivity index (χ1v) is 7.69. The van der Waals surface area contributed by atoms with Crippen LogP contribution >= 0.6 is 11.8 Å². The van der Waals surface area contributed by atoms with Gasteiger partial charge in [0.25, 0.3) is 0 Å². The van der Waals surface area contributed by atoms with Crippen molar-refractivity contribution in [2.24, 2.45) is 0 Å². The molecule has 1 rings (SSSR count). The van der Waals surface area contributed by atoms with Crippen molar-refractivity contribution >= 4 is 22.8 Å². The minimum Gasteiger partial charge on any atom is -0.496 e. The Morgan fingerprint density at radius 3 is 2.09 bits per heavy atom. The second-order valence-corrected chi connectivity index (χ2v) is 5.38. The minimum absolute atomic E-state index is 0.0523. The van der Waals surface area contributed by atoms with E-state index in [0.717, 1.165) is 17.3 Å². The molecular formula is C15H21NO5S. The molecule has 7 heteroatoms.